The number of fused-ring (bicyclic) bond motifs is 1. The molecule has 1 N–H and O–H groups in total. The van der Waals surface area contributed by atoms with Crippen molar-refractivity contribution in [1.29, 1.82) is 0 Å². The molecule has 0 amide bonds. The van der Waals surface area contributed by atoms with Crippen LogP contribution in [0.1, 0.15) is 30.9 Å². The van der Waals surface area contributed by atoms with Gasteiger partial charge in [0.15, 0.2) is 0 Å². The Morgan fingerprint density at radius 2 is 1.94 bits per heavy atom. The summed E-state index contributed by atoms with van der Waals surface area (Å²) in [5.41, 5.74) is 4.77. The van der Waals surface area contributed by atoms with Gasteiger partial charge in [-0.15, -0.1) is 0 Å². The Bertz CT molecular complexity index is 1210. The molecule has 0 bridgehead atoms. The number of rotatable bonds is 8. The lowest BCUT2D eigenvalue weighted by molar-refractivity contribution is 0.278. The van der Waals surface area contributed by atoms with Gasteiger partial charge in [-0.2, -0.15) is 0 Å². The summed E-state index contributed by atoms with van der Waals surface area (Å²) in [5, 5.41) is 9.76. The maximum absolute atomic E-state index is 9.76. The minimum atomic E-state index is -0.00478. The standard InChI is InChI=1S/C25H26BrN3O3/c1-16(2)17-6-8-18(9-7-17)25-28-23-22(26)19(15-32-20-5-4-10-27-14-20)13-21(31-3)24(23)29(25)11-12-30/h4-10,13-14,16,30H,11-12,15H2,1-3H3. The molecule has 4 rings (SSSR count). The van der Waals surface area contributed by atoms with Gasteiger partial charge in [0.1, 0.15) is 35.0 Å². The molecule has 0 aliphatic carbocycles. The van der Waals surface area contributed by atoms with Crippen LogP contribution in [0.3, 0.4) is 0 Å². The zero-order chi connectivity index (χ0) is 22.7. The molecule has 0 saturated heterocycles. The van der Waals surface area contributed by atoms with Gasteiger partial charge in [0.05, 0.1) is 24.4 Å². The van der Waals surface area contributed by atoms with Gasteiger partial charge in [-0.1, -0.05) is 38.1 Å². The van der Waals surface area contributed by atoms with E-state index < -0.39 is 0 Å². The fraction of sp³-hybridized carbons (Fsp3) is 0.280. The highest BCUT2D eigenvalue weighted by atomic mass is 79.9. The van der Waals surface area contributed by atoms with Crippen molar-refractivity contribution >= 4 is 27.0 Å². The van der Waals surface area contributed by atoms with E-state index in [0.717, 1.165) is 32.5 Å². The first-order chi connectivity index (χ1) is 15.5. The third-order valence-corrected chi connectivity index (χ3v) is 6.29. The molecule has 0 aliphatic rings. The van der Waals surface area contributed by atoms with Crippen LogP contribution in [0.4, 0.5) is 0 Å². The van der Waals surface area contributed by atoms with Crippen molar-refractivity contribution in [2.24, 2.45) is 0 Å². The zero-order valence-electron chi connectivity index (χ0n) is 18.4. The summed E-state index contributed by atoms with van der Waals surface area (Å²) in [4.78, 5) is 9.05. The van der Waals surface area contributed by atoms with Crippen molar-refractivity contribution in [1.82, 2.24) is 14.5 Å². The Morgan fingerprint density at radius 3 is 2.56 bits per heavy atom. The molecule has 0 fully saturated rings. The van der Waals surface area contributed by atoms with Crippen molar-refractivity contribution < 1.29 is 14.6 Å². The van der Waals surface area contributed by atoms with Gasteiger partial charge < -0.3 is 19.1 Å². The van der Waals surface area contributed by atoms with Gasteiger partial charge in [0.25, 0.3) is 0 Å². The SMILES string of the molecule is COc1cc(COc2cccnc2)c(Br)c2nc(-c3ccc(C(C)C)cc3)n(CCO)c12. The molecule has 32 heavy (non-hydrogen) atoms. The Morgan fingerprint density at radius 1 is 1.16 bits per heavy atom. The van der Waals surface area contributed by atoms with Crippen molar-refractivity contribution in [2.75, 3.05) is 13.7 Å². The molecule has 2 aromatic heterocycles. The molecule has 0 radical (unpaired) electrons. The minimum Gasteiger partial charge on any atom is -0.494 e. The smallest absolute Gasteiger partial charge is 0.145 e. The fourth-order valence-electron chi connectivity index (χ4n) is 3.71. The van der Waals surface area contributed by atoms with Crippen molar-refractivity contribution in [3.8, 4) is 22.9 Å². The van der Waals surface area contributed by atoms with E-state index in [1.54, 1.807) is 19.5 Å². The Kier molecular flexibility index (Phi) is 6.77. The van der Waals surface area contributed by atoms with Crippen LogP contribution in [0, 0.1) is 0 Å². The predicted octanol–water partition coefficient (Wildman–Crippen LogP) is 5.56. The van der Waals surface area contributed by atoms with Crippen molar-refractivity contribution in [2.45, 2.75) is 32.9 Å². The highest BCUT2D eigenvalue weighted by Crippen LogP contribution is 2.38. The molecular formula is C25H26BrN3O3. The summed E-state index contributed by atoms with van der Waals surface area (Å²) in [6, 6.07) is 14.1. The summed E-state index contributed by atoms with van der Waals surface area (Å²) in [6.45, 7) is 5.09. The number of methoxy groups -OCH3 is 1. The van der Waals surface area contributed by atoms with Crippen molar-refractivity contribution in [3.63, 3.8) is 0 Å². The molecule has 0 saturated carbocycles. The van der Waals surface area contributed by atoms with Crippen LogP contribution in [0.2, 0.25) is 0 Å². The largest absolute Gasteiger partial charge is 0.494 e. The second-order valence-corrected chi connectivity index (χ2v) is 8.61. The van der Waals surface area contributed by atoms with Crippen LogP contribution in [-0.2, 0) is 13.2 Å². The quantitative estimate of drug-likeness (QED) is 0.346. The number of aliphatic hydroxyl groups is 1. The van der Waals surface area contributed by atoms with E-state index in [4.69, 9.17) is 14.5 Å². The molecule has 2 heterocycles. The van der Waals surface area contributed by atoms with E-state index in [1.807, 2.05) is 22.8 Å². The Labute approximate surface area is 196 Å². The number of halogens is 1. The van der Waals surface area contributed by atoms with Crippen LogP contribution < -0.4 is 9.47 Å². The summed E-state index contributed by atoms with van der Waals surface area (Å²) < 4.78 is 14.5. The molecule has 0 atom stereocenters. The van der Waals surface area contributed by atoms with Crippen molar-refractivity contribution in [3.05, 3.63) is 70.5 Å². The average Bonchev–Trinajstić information content (AvgIpc) is 3.19. The molecule has 0 aliphatic heterocycles. The van der Waals surface area contributed by atoms with E-state index >= 15 is 0 Å². The number of hydrogen-bond acceptors (Lipinski definition) is 5. The molecule has 2 aromatic carbocycles. The third-order valence-electron chi connectivity index (χ3n) is 5.40. The van der Waals surface area contributed by atoms with Crippen LogP contribution in [-0.4, -0.2) is 33.4 Å². The number of pyridine rings is 1. The minimum absolute atomic E-state index is 0.00478. The summed E-state index contributed by atoms with van der Waals surface area (Å²) in [5.74, 6) is 2.61. The molecular weight excluding hydrogens is 470 g/mol. The zero-order valence-corrected chi connectivity index (χ0v) is 20.0. The first kappa shape index (κ1) is 22.3. The normalized spacial score (nSPS) is 11.3. The average molecular weight is 496 g/mol. The molecule has 0 unspecified atom stereocenters. The summed E-state index contributed by atoms with van der Waals surface area (Å²) in [6.07, 6.45) is 3.39. The van der Waals surface area contributed by atoms with Gasteiger partial charge in [-0.3, -0.25) is 4.98 Å². The number of hydrogen-bond donors (Lipinski definition) is 1. The number of aliphatic hydroxyl groups excluding tert-OH is 1. The first-order valence-corrected chi connectivity index (χ1v) is 11.3. The maximum Gasteiger partial charge on any atom is 0.145 e. The molecule has 166 valence electrons. The third kappa shape index (κ3) is 4.36. The van der Waals surface area contributed by atoms with E-state index in [0.29, 0.717) is 30.6 Å². The van der Waals surface area contributed by atoms with Gasteiger partial charge in [0, 0.05) is 23.9 Å². The second kappa shape index (κ2) is 9.71. The lowest BCUT2D eigenvalue weighted by atomic mass is 10.0. The van der Waals surface area contributed by atoms with E-state index in [1.165, 1.54) is 5.56 Å². The Balaban J connectivity index is 1.81. The lowest BCUT2D eigenvalue weighted by Gasteiger charge is -2.13. The summed E-state index contributed by atoms with van der Waals surface area (Å²) >= 11 is 3.73. The molecule has 4 aromatic rings. The number of benzene rings is 2. The second-order valence-electron chi connectivity index (χ2n) is 7.81. The molecule has 0 spiro atoms. The van der Waals surface area contributed by atoms with Gasteiger partial charge in [0.2, 0.25) is 0 Å². The predicted molar refractivity (Wildman–Crippen MR) is 129 cm³/mol. The van der Waals surface area contributed by atoms with E-state index in [2.05, 4.69) is 59.0 Å². The highest BCUT2D eigenvalue weighted by Gasteiger charge is 2.21. The van der Waals surface area contributed by atoms with Crippen LogP contribution in [0.15, 0.2) is 59.3 Å². The van der Waals surface area contributed by atoms with Gasteiger partial charge in [-0.25, -0.2) is 4.98 Å². The van der Waals surface area contributed by atoms with Crippen LogP contribution in [0.5, 0.6) is 11.5 Å². The van der Waals surface area contributed by atoms with Crippen LogP contribution >= 0.6 is 15.9 Å². The van der Waals surface area contributed by atoms with Gasteiger partial charge in [-0.05, 0) is 45.6 Å². The molecule has 6 nitrogen and oxygen atoms in total. The number of ether oxygens (including phenoxy) is 2. The lowest BCUT2D eigenvalue weighted by Crippen LogP contribution is -2.06. The van der Waals surface area contributed by atoms with Gasteiger partial charge >= 0.3 is 0 Å². The first-order valence-electron chi connectivity index (χ1n) is 10.5. The topological polar surface area (TPSA) is 69.4 Å². The van der Waals surface area contributed by atoms with E-state index in [-0.39, 0.29) is 6.61 Å². The maximum atomic E-state index is 9.76. The van der Waals surface area contributed by atoms with E-state index in [9.17, 15) is 5.11 Å². The number of nitrogens with zero attached hydrogens (tertiary/aromatic N) is 3. The fourth-order valence-corrected chi connectivity index (χ4v) is 4.21. The number of aromatic nitrogens is 3. The molecule has 7 heteroatoms. The monoisotopic (exact) mass is 495 g/mol. The number of imidazole rings is 1. The highest BCUT2D eigenvalue weighted by molar-refractivity contribution is 9.10. The van der Waals surface area contributed by atoms with Crippen LogP contribution in [0.25, 0.3) is 22.4 Å². The Hall–Kier alpha value is -2.90. The summed E-state index contributed by atoms with van der Waals surface area (Å²) in [7, 11) is 1.64.